The number of fused-ring (bicyclic) bond motifs is 2. The van der Waals surface area contributed by atoms with Gasteiger partial charge in [-0.05, 0) is 43.5 Å². The Balaban J connectivity index is 1.42. The zero-order valence-corrected chi connectivity index (χ0v) is 22.2. The molecule has 10 heteroatoms. The number of urea groups is 1. The molecule has 1 atom stereocenters. The number of nitrogens with one attached hydrogen (secondary N) is 2. The maximum Gasteiger partial charge on any atom is 0.317 e. The van der Waals surface area contributed by atoms with Crippen LogP contribution >= 0.6 is 0 Å². The molecule has 1 saturated heterocycles. The Bertz CT molecular complexity index is 1500. The molecule has 1 aromatic carbocycles. The second-order valence-corrected chi connectivity index (χ2v) is 10.0. The summed E-state index contributed by atoms with van der Waals surface area (Å²) in [4.78, 5) is 28.8. The van der Waals surface area contributed by atoms with Crippen LogP contribution in [0.25, 0.3) is 33.3 Å². The van der Waals surface area contributed by atoms with E-state index in [1.807, 2.05) is 23.2 Å². The summed E-state index contributed by atoms with van der Waals surface area (Å²) in [6.07, 6.45) is 4.72. The molecule has 1 fully saturated rings. The van der Waals surface area contributed by atoms with E-state index in [-0.39, 0.29) is 6.03 Å². The summed E-state index contributed by atoms with van der Waals surface area (Å²) in [7, 11) is 3.35. The Hall–Kier alpha value is -3.86. The fourth-order valence-electron chi connectivity index (χ4n) is 5.61. The molecule has 0 saturated carbocycles. The van der Waals surface area contributed by atoms with Gasteiger partial charge in [-0.1, -0.05) is 18.2 Å². The molecule has 0 bridgehead atoms. The Morgan fingerprint density at radius 1 is 1.10 bits per heavy atom. The van der Waals surface area contributed by atoms with Crippen molar-refractivity contribution in [2.24, 2.45) is 0 Å². The van der Waals surface area contributed by atoms with Gasteiger partial charge in [0.15, 0.2) is 0 Å². The molecule has 39 heavy (non-hydrogen) atoms. The molecule has 5 heterocycles. The van der Waals surface area contributed by atoms with Gasteiger partial charge in [0.1, 0.15) is 12.1 Å². The number of benzene rings is 1. The number of aliphatic hydroxyl groups excluding tert-OH is 1. The minimum atomic E-state index is -0.808. The summed E-state index contributed by atoms with van der Waals surface area (Å²) in [5, 5.41) is 17.6. The number of ether oxygens (including phenoxy) is 1. The van der Waals surface area contributed by atoms with Gasteiger partial charge in [-0.15, -0.1) is 0 Å². The number of amides is 2. The predicted octanol–water partition coefficient (Wildman–Crippen LogP) is 3.42. The lowest BCUT2D eigenvalue weighted by molar-refractivity contribution is 0.0823. The number of carbonyl (C=O) groups is 1. The zero-order chi connectivity index (χ0) is 26.9. The van der Waals surface area contributed by atoms with Crippen molar-refractivity contribution in [3.63, 3.8) is 0 Å². The molecule has 1 unspecified atom stereocenters. The maximum absolute atomic E-state index is 12.5. The van der Waals surface area contributed by atoms with Crippen molar-refractivity contribution in [1.82, 2.24) is 35.1 Å². The van der Waals surface area contributed by atoms with Crippen LogP contribution in [0, 0.1) is 0 Å². The summed E-state index contributed by atoms with van der Waals surface area (Å²) in [5.74, 6) is 1.44. The van der Waals surface area contributed by atoms with Crippen molar-refractivity contribution in [3.05, 3.63) is 66.0 Å². The summed E-state index contributed by atoms with van der Waals surface area (Å²) in [6.45, 7) is 3.37. The average Bonchev–Trinajstić information content (AvgIpc) is 3.39. The molecule has 3 aromatic heterocycles. The van der Waals surface area contributed by atoms with Crippen LogP contribution in [-0.2, 0) is 17.8 Å². The molecule has 0 spiro atoms. The number of aliphatic hydroxyl groups is 1. The monoisotopic (exact) mass is 527 g/mol. The lowest BCUT2D eigenvalue weighted by Crippen LogP contribution is -2.43. The molecule has 202 valence electrons. The Labute approximate surface area is 227 Å². The van der Waals surface area contributed by atoms with Crippen molar-refractivity contribution in [3.8, 4) is 22.5 Å². The standard InChI is InChI=1S/C29H33N7O3/c1-30-28(37)23-7-6-20(15-32-23)24-14-19-4-3-5-21(22(19)16-33-24)26-25-17-35(29(38)31-2)10-11-36(25)27(34-26)18-8-12-39-13-9-18/h3-7,14-16,18,28,30,37H,8-13,17H2,1-2H3,(H,31,38). The van der Waals surface area contributed by atoms with E-state index in [0.717, 1.165) is 77.4 Å². The third-order valence-corrected chi connectivity index (χ3v) is 7.78. The lowest BCUT2D eigenvalue weighted by atomic mass is 9.99. The van der Waals surface area contributed by atoms with E-state index in [1.165, 1.54) is 0 Å². The van der Waals surface area contributed by atoms with Crippen LogP contribution < -0.4 is 10.6 Å². The molecule has 6 rings (SSSR count). The number of hydrogen-bond acceptors (Lipinski definition) is 7. The van der Waals surface area contributed by atoms with Crippen LogP contribution in [0.2, 0.25) is 0 Å². The molecule has 2 aliphatic heterocycles. The van der Waals surface area contributed by atoms with Gasteiger partial charge >= 0.3 is 6.03 Å². The smallest absolute Gasteiger partial charge is 0.317 e. The van der Waals surface area contributed by atoms with E-state index in [0.29, 0.717) is 24.7 Å². The molecule has 3 N–H and O–H groups in total. The Morgan fingerprint density at radius 3 is 2.69 bits per heavy atom. The van der Waals surface area contributed by atoms with Crippen molar-refractivity contribution in [2.45, 2.75) is 38.1 Å². The first-order valence-corrected chi connectivity index (χ1v) is 13.4. The van der Waals surface area contributed by atoms with Gasteiger partial charge in [0, 0.05) is 68.2 Å². The first-order valence-electron chi connectivity index (χ1n) is 13.4. The molecular weight excluding hydrogens is 494 g/mol. The highest BCUT2D eigenvalue weighted by atomic mass is 16.5. The van der Waals surface area contributed by atoms with Gasteiger partial charge in [0.2, 0.25) is 0 Å². The topological polar surface area (TPSA) is 117 Å². The number of rotatable bonds is 5. The molecule has 0 radical (unpaired) electrons. The third-order valence-electron chi connectivity index (χ3n) is 7.78. The molecule has 4 aromatic rings. The Kier molecular flexibility index (Phi) is 6.99. The minimum Gasteiger partial charge on any atom is -0.381 e. The van der Waals surface area contributed by atoms with Crippen molar-refractivity contribution in [1.29, 1.82) is 0 Å². The van der Waals surface area contributed by atoms with Gasteiger partial charge in [-0.3, -0.25) is 15.3 Å². The number of hydrogen-bond donors (Lipinski definition) is 3. The number of nitrogens with zero attached hydrogens (tertiary/aromatic N) is 5. The fourth-order valence-corrected chi connectivity index (χ4v) is 5.61. The van der Waals surface area contributed by atoms with E-state index in [1.54, 1.807) is 26.4 Å². The van der Waals surface area contributed by atoms with Gasteiger partial charge in [-0.2, -0.15) is 0 Å². The van der Waals surface area contributed by atoms with E-state index < -0.39 is 6.23 Å². The SMILES string of the molecule is CNC(=O)N1CCn2c(C3CCOCC3)nc(-c3cccc4cc(-c5ccc(C(O)NC)nc5)ncc34)c2C1. The van der Waals surface area contributed by atoms with E-state index in [9.17, 15) is 9.90 Å². The first-order chi connectivity index (χ1) is 19.1. The zero-order valence-electron chi connectivity index (χ0n) is 22.2. The highest BCUT2D eigenvalue weighted by molar-refractivity contribution is 5.97. The van der Waals surface area contributed by atoms with Crippen molar-refractivity contribution >= 4 is 16.8 Å². The summed E-state index contributed by atoms with van der Waals surface area (Å²) in [6, 6.07) is 11.9. The van der Waals surface area contributed by atoms with E-state index in [2.05, 4.69) is 38.4 Å². The maximum atomic E-state index is 12.5. The van der Waals surface area contributed by atoms with Crippen LogP contribution in [0.4, 0.5) is 4.79 Å². The van der Waals surface area contributed by atoms with E-state index >= 15 is 0 Å². The number of imidazole rings is 1. The van der Waals surface area contributed by atoms with Crippen LogP contribution in [-0.4, -0.2) is 69.4 Å². The van der Waals surface area contributed by atoms with Crippen LogP contribution in [0.1, 0.15) is 42.2 Å². The Morgan fingerprint density at radius 2 is 1.95 bits per heavy atom. The molecule has 2 aliphatic rings. The molecule has 0 aliphatic carbocycles. The predicted molar refractivity (Wildman–Crippen MR) is 148 cm³/mol. The van der Waals surface area contributed by atoms with Gasteiger partial charge in [0.25, 0.3) is 0 Å². The van der Waals surface area contributed by atoms with Crippen molar-refractivity contribution < 1.29 is 14.6 Å². The molecular formula is C29H33N7O3. The van der Waals surface area contributed by atoms with Crippen LogP contribution in [0.15, 0.2) is 48.8 Å². The lowest BCUT2D eigenvalue weighted by Gasteiger charge is -2.30. The second kappa shape index (κ2) is 10.7. The third kappa shape index (κ3) is 4.75. The molecule has 10 nitrogen and oxygen atoms in total. The summed E-state index contributed by atoms with van der Waals surface area (Å²) >= 11 is 0. The van der Waals surface area contributed by atoms with Crippen LogP contribution in [0.5, 0.6) is 0 Å². The fraction of sp³-hybridized carbons (Fsp3) is 0.379. The largest absolute Gasteiger partial charge is 0.381 e. The summed E-state index contributed by atoms with van der Waals surface area (Å²) in [5.41, 5.74) is 5.22. The normalized spacial score (nSPS) is 16.7. The second-order valence-electron chi connectivity index (χ2n) is 10.0. The van der Waals surface area contributed by atoms with Gasteiger partial charge in [-0.25, -0.2) is 9.78 Å². The van der Waals surface area contributed by atoms with Crippen molar-refractivity contribution in [2.75, 3.05) is 33.9 Å². The van der Waals surface area contributed by atoms with Gasteiger partial charge < -0.3 is 24.6 Å². The summed E-state index contributed by atoms with van der Waals surface area (Å²) < 4.78 is 7.95. The van der Waals surface area contributed by atoms with Gasteiger partial charge in [0.05, 0.1) is 29.3 Å². The first kappa shape index (κ1) is 25.4. The average molecular weight is 528 g/mol. The number of carbonyl (C=O) groups excluding carboxylic acids is 1. The van der Waals surface area contributed by atoms with E-state index in [4.69, 9.17) is 14.7 Å². The molecule has 2 amide bonds. The minimum absolute atomic E-state index is 0.0768. The number of pyridine rings is 2. The highest BCUT2D eigenvalue weighted by Gasteiger charge is 2.31. The quantitative estimate of drug-likeness (QED) is 0.341. The van der Waals surface area contributed by atoms with Crippen LogP contribution in [0.3, 0.4) is 0 Å². The highest BCUT2D eigenvalue weighted by Crippen LogP contribution is 2.37. The number of aromatic nitrogens is 4.